The Morgan fingerprint density at radius 1 is 1.00 bits per heavy atom. The predicted octanol–water partition coefficient (Wildman–Crippen LogP) is 3.88. The van der Waals surface area contributed by atoms with E-state index in [1.165, 1.54) is 24.3 Å². The number of sulfonamides is 1. The fraction of sp³-hybridized carbons (Fsp3) is 0.294. The number of hydrogen-bond donors (Lipinski definition) is 2. The van der Waals surface area contributed by atoms with Crippen molar-refractivity contribution in [2.24, 2.45) is 0 Å². The van der Waals surface area contributed by atoms with Crippen LogP contribution in [0, 0.1) is 0 Å². The van der Waals surface area contributed by atoms with E-state index in [0.717, 1.165) is 12.0 Å². The second-order valence-corrected chi connectivity index (χ2v) is 7.60. The maximum absolute atomic E-state index is 12.3. The molecule has 0 aliphatic carbocycles. The van der Waals surface area contributed by atoms with Gasteiger partial charge in [0.05, 0.1) is 4.90 Å². The number of anilines is 1. The van der Waals surface area contributed by atoms with E-state index in [2.05, 4.69) is 25.5 Å². The molecule has 2 rings (SSSR count). The van der Waals surface area contributed by atoms with Crippen molar-refractivity contribution in [3.8, 4) is 5.75 Å². The topological polar surface area (TPSA) is 66.4 Å². The Balaban J connectivity index is 2.24. The summed E-state index contributed by atoms with van der Waals surface area (Å²) in [5.41, 5.74) is 1.54. The minimum atomic E-state index is -3.63. The van der Waals surface area contributed by atoms with Gasteiger partial charge >= 0.3 is 0 Å². The fourth-order valence-electron chi connectivity index (χ4n) is 2.03. The van der Waals surface area contributed by atoms with Gasteiger partial charge in [0, 0.05) is 5.69 Å². The van der Waals surface area contributed by atoms with E-state index in [1.54, 1.807) is 12.1 Å². The number of benzene rings is 2. The molecule has 4 nitrogen and oxygen atoms in total. The van der Waals surface area contributed by atoms with Gasteiger partial charge in [0.25, 0.3) is 10.0 Å². The average molecular weight is 319 g/mol. The minimum Gasteiger partial charge on any atom is -0.508 e. The SMILES string of the molecule is CCC(C)(C)c1ccc(S(=O)(=O)Nc2ccc(O)cc2)cc1. The third-order valence-electron chi connectivity index (χ3n) is 3.95. The van der Waals surface area contributed by atoms with Crippen molar-refractivity contribution >= 4 is 15.7 Å². The smallest absolute Gasteiger partial charge is 0.261 e. The molecule has 0 aromatic heterocycles. The van der Waals surface area contributed by atoms with Gasteiger partial charge in [-0.2, -0.15) is 0 Å². The fourth-order valence-corrected chi connectivity index (χ4v) is 3.09. The van der Waals surface area contributed by atoms with Crippen LogP contribution in [0.2, 0.25) is 0 Å². The quantitative estimate of drug-likeness (QED) is 0.822. The summed E-state index contributed by atoms with van der Waals surface area (Å²) < 4.78 is 27.2. The Hall–Kier alpha value is -2.01. The van der Waals surface area contributed by atoms with Crippen molar-refractivity contribution in [3.63, 3.8) is 0 Å². The number of phenolic OH excluding ortho intramolecular Hbond substituents is 1. The monoisotopic (exact) mass is 319 g/mol. The van der Waals surface area contributed by atoms with Crippen molar-refractivity contribution in [1.82, 2.24) is 0 Å². The van der Waals surface area contributed by atoms with Crippen LogP contribution in [-0.4, -0.2) is 13.5 Å². The third kappa shape index (κ3) is 3.60. The number of nitrogens with one attached hydrogen (secondary N) is 1. The van der Waals surface area contributed by atoms with Crippen LogP contribution in [0.5, 0.6) is 5.75 Å². The molecule has 0 heterocycles. The molecular weight excluding hydrogens is 298 g/mol. The molecule has 5 heteroatoms. The summed E-state index contributed by atoms with van der Waals surface area (Å²) >= 11 is 0. The third-order valence-corrected chi connectivity index (χ3v) is 5.35. The summed E-state index contributed by atoms with van der Waals surface area (Å²) in [6, 6.07) is 12.9. The number of hydrogen-bond acceptors (Lipinski definition) is 3. The van der Waals surface area contributed by atoms with Gasteiger partial charge in [-0.25, -0.2) is 8.42 Å². The van der Waals surface area contributed by atoms with E-state index in [9.17, 15) is 13.5 Å². The van der Waals surface area contributed by atoms with Crippen molar-refractivity contribution in [2.45, 2.75) is 37.5 Å². The first-order chi connectivity index (χ1) is 10.2. The van der Waals surface area contributed by atoms with Gasteiger partial charge in [0.15, 0.2) is 0 Å². The molecule has 0 bridgehead atoms. The highest BCUT2D eigenvalue weighted by atomic mass is 32.2. The van der Waals surface area contributed by atoms with Crippen LogP contribution in [0.4, 0.5) is 5.69 Å². The van der Waals surface area contributed by atoms with Crippen LogP contribution in [-0.2, 0) is 15.4 Å². The summed E-state index contributed by atoms with van der Waals surface area (Å²) in [4.78, 5) is 0.219. The largest absolute Gasteiger partial charge is 0.508 e. The molecule has 22 heavy (non-hydrogen) atoms. The zero-order valence-corrected chi connectivity index (χ0v) is 13.8. The zero-order chi connectivity index (χ0) is 16.4. The van der Waals surface area contributed by atoms with E-state index in [0.29, 0.717) is 5.69 Å². The number of rotatable bonds is 5. The van der Waals surface area contributed by atoms with E-state index in [4.69, 9.17) is 0 Å². The molecule has 0 amide bonds. The summed E-state index contributed by atoms with van der Waals surface area (Å²) in [6.45, 7) is 6.37. The van der Waals surface area contributed by atoms with Crippen LogP contribution in [0.1, 0.15) is 32.8 Å². The van der Waals surface area contributed by atoms with Gasteiger partial charge in [-0.1, -0.05) is 32.9 Å². The first-order valence-corrected chi connectivity index (χ1v) is 8.65. The molecule has 0 unspecified atom stereocenters. The molecule has 0 aliphatic heterocycles. The summed E-state index contributed by atoms with van der Waals surface area (Å²) in [5.74, 6) is 0.0918. The Morgan fingerprint density at radius 2 is 1.55 bits per heavy atom. The van der Waals surface area contributed by atoms with Crippen LogP contribution in [0.25, 0.3) is 0 Å². The highest BCUT2D eigenvalue weighted by Crippen LogP contribution is 2.28. The Bertz CT molecular complexity index is 732. The molecule has 0 spiro atoms. The van der Waals surface area contributed by atoms with Crippen LogP contribution in [0.15, 0.2) is 53.4 Å². The van der Waals surface area contributed by atoms with E-state index >= 15 is 0 Å². The normalized spacial score (nSPS) is 12.1. The Morgan fingerprint density at radius 3 is 2.05 bits per heavy atom. The van der Waals surface area contributed by atoms with Gasteiger partial charge in [0.1, 0.15) is 5.75 Å². The molecule has 0 saturated carbocycles. The first kappa shape index (κ1) is 16.4. The van der Waals surface area contributed by atoms with Crippen LogP contribution in [0.3, 0.4) is 0 Å². The maximum atomic E-state index is 12.3. The molecule has 2 aromatic rings. The van der Waals surface area contributed by atoms with Gasteiger partial charge < -0.3 is 5.11 Å². The lowest BCUT2D eigenvalue weighted by Crippen LogP contribution is -2.16. The van der Waals surface area contributed by atoms with E-state index in [1.807, 2.05) is 12.1 Å². The molecule has 0 fully saturated rings. The zero-order valence-electron chi connectivity index (χ0n) is 13.0. The van der Waals surface area contributed by atoms with Crippen LogP contribution >= 0.6 is 0 Å². The van der Waals surface area contributed by atoms with Crippen molar-refractivity contribution < 1.29 is 13.5 Å². The van der Waals surface area contributed by atoms with Gasteiger partial charge in [-0.05, 0) is 53.8 Å². The lowest BCUT2D eigenvalue weighted by Gasteiger charge is -2.23. The summed E-state index contributed by atoms with van der Waals surface area (Å²) in [7, 11) is -3.63. The van der Waals surface area contributed by atoms with Gasteiger partial charge in [-0.3, -0.25) is 4.72 Å². The average Bonchev–Trinajstić information content (AvgIpc) is 2.49. The minimum absolute atomic E-state index is 0.0205. The van der Waals surface area contributed by atoms with Crippen LogP contribution < -0.4 is 4.72 Å². The first-order valence-electron chi connectivity index (χ1n) is 7.17. The van der Waals surface area contributed by atoms with Crippen molar-refractivity contribution in [2.75, 3.05) is 4.72 Å². The maximum Gasteiger partial charge on any atom is 0.261 e. The number of aromatic hydroxyl groups is 1. The van der Waals surface area contributed by atoms with E-state index in [-0.39, 0.29) is 16.1 Å². The predicted molar refractivity (Wildman–Crippen MR) is 88.7 cm³/mol. The molecule has 0 atom stereocenters. The Labute approximate surface area is 131 Å². The highest BCUT2D eigenvalue weighted by Gasteiger charge is 2.20. The lowest BCUT2D eigenvalue weighted by atomic mass is 9.82. The highest BCUT2D eigenvalue weighted by molar-refractivity contribution is 7.92. The molecule has 2 N–H and O–H groups in total. The molecule has 0 aliphatic rings. The molecule has 0 radical (unpaired) electrons. The molecule has 0 saturated heterocycles. The van der Waals surface area contributed by atoms with Crippen molar-refractivity contribution in [3.05, 3.63) is 54.1 Å². The van der Waals surface area contributed by atoms with Gasteiger partial charge in [0.2, 0.25) is 0 Å². The second-order valence-electron chi connectivity index (χ2n) is 5.91. The van der Waals surface area contributed by atoms with E-state index < -0.39 is 10.0 Å². The standard InChI is InChI=1S/C17H21NO3S/c1-4-17(2,3)13-5-11-16(12-6-13)22(20,21)18-14-7-9-15(19)10-8-14/h5-12,18-19H,4H2,1-3H3. The van der Waals surface area contributed by atoms with Gasteiger partial charge in [-0.15, -0.1) is 0 Å². The number of phenols is 1. The molecule has 2 aromatic carbocycles. The lowest BCUT2D eigenvalue weighted by molar-refractivity contribution is 0.475. The summed E-state index contributed by atoms with van der Waals surface area (Å²) in [6.07, 6.45) is 0.977. The summed E-state index contributed by atoms with van der Waals surface area (Å²) in [5, 5.41) is 9.22. The Kier molecular flexibility index (Phi) is 4.47. The second kappa shape index (κ2) is 6.01. The molecule has 118 valence electrons. The van der Waals surface area contributed by atoms with Crippen molar-refractivity contribution in [1.29, 1.82) is 0 Å². The molecular formula is C17H21NO3S.